The molecule has 2 bridgehead atoms. The van der Waals surface area contributed by atoms with Gasteiger partial charge in [-0.2, -0.15) is 13.5 Å². The largest absolute Gasteiger partial charge is 0.479 e. The SMILES string of the molecule is CC(O)C1C(=O)N2C(C(=O)O)C=C(SC3CN(C4=NCCC4)C3)C12.NC(=O)C1CCC2CN1C(=O)N2OS(=O)(=O)O. The number of carboxylic acids is 1. The van der Waals surface area contributed by atoms with Crippen LogP contribution in [-0.4, -0.2) is 134 Å². The predicted octanol–water partition coefficient (Wildman–Crippen LogP) is -1.37. The van der Waals surface area contributed by atoms with Crippen LogP contribution in [0.2, 0.25) is 0 Å². The molecule has 0 aromatic rings. The number of amides is 4. The van der Waals surface area contributed by atoms with Gasteiger partial charge in [0.2, 0.25) is 11.8 Å². The molecule has 4 fully saturated rings. The van der Waals surface area contributed by atoms with Gasteiger partial charge in [-0.15, -0.1) is 16.0 Å². The third-order valence-corrected chi connectivity index (χ3v) is 9.69. The molecule has 226 valence electrons. The van der Waals surface area contributed by atoms with Crippen molar-refractivity contribution in [1.82, 2.24) is 19.8 Å². The number of carbonyl (C=O) groups excluding carboxylic acids is 3. The molecular weight excluding hydrogens is 584 g/mol. The van der Waals surface area contributed by atoms with Crippen molar-refractivity contribution in [3.63, 3.8) is 0 Å². The van der Waals surface area contributed by atoms with E-state index in [0.29, 0.717) is 23.2 Å². The molecule has 6 aliphatic heterocycles. The number of aliphatic imine (C=N–C) groups is 1. The molecule has 0 saturated carbocycles. The van der Waals surface area contributed by atoms with Gasteiger partial charge in [0.15, 0.2) is 0 Å². The Morgan fingerprint density at radius 2 is 1.93 bits per heavy atom. The Bertz CT molecular complexity index is 1300. The highest BCUT2D eigenvalue weighted by Gasteiger charge is 2.59. The van der Waals surface area contributed by atoms with E-state index in [9.17, 15) is 37.8 Å². The Balaban J connectivity index is 0.000000175. The van der Waals surface area contributed by atoms with Gasteiger partial charge in [0.05, 0.1) is 29.9 Å². The highest BCUT2D eigenvalue weighted by atomic mass is 32.3. The second-order valence-electron chi connectivity index (χ2n) is 10.8. The number of aliphatic hydroxyl groups excluding tert-OH is 1. The molecule has 4 saturated heterocycles. The van der Waals surface area contributed by atoms with Crippen molar-refractivity contribution in [3.8, 4) is 0 Å². The van der Waals surface area contributed by atoms with Crippen LogP contribution in [0.15, 0.2) is 16.0 Å². The number of nitrogens with zero attached hydrogens (tertiary/aromatic N) is 5. The molecular formula is C23H32N6O10S2. The van der Waals surface area contributed by atoms with Crippen LogP contribution in [-0.2, 0) is 29.1 Å². The van der Waals surface area contributed by atoms with Crippen molar-refractivity contribution < 1.29 is 46.6 Å². The fourth-order valence-corrected chi connectivity index (χ4v) is 7.98. The minimum Gasteiger partial charge on any atom is -0.479 e. The van der Waals surface area contributed by atoms with Crippen LogP contribution >= 0.6 is 11.8 Å². The third-order valence-electron chi connectivity index (χ3n) is 8.06. The summed E-state index contributed by atoms with van der Waals surface area (Å²) in [6.45, 7) is 4.50. The van der Waals surface area contributed by atoms with Crippen LogP contribution in [0.5, 0.6) is 0 Å². The number of β-lactam (4-membered cyclic amide) rings is 1. The zero-order valence-corrected chi connectivity index (χ0v) is 23.7. The summed E-state index contributed by atoms with van der Waals surface area (Å²) in [7, 11) is -4.75. The number of hydrogen-bond donors (Lipinski definition) is 4. The number of amidine groups is 1. The van der Waals surface area contributed by atoms with Crippen LogP contribution < -0.4 is 5.73 Å². The highest BCUT2D eigenvalue weighted by molar-refractivity contribution is 8.03. The highest BCUT2D eigenvalue weighted by Crippen LogP contribution is 2.47. The maximum absolute atomic E-state index is 12.2. The number of carboxylic acid groups (broad SMARTS) is 1. The van der Waals surface area contributed by atoms with Crippen molar-refractivity contribution in [3.05, 3.63) is 11.0 Å². The molecule has 16 nitrogen and oxygen atoms in total. The first kappa shape index (κ1) is 29.6. The van der Waals surface area contributed by atoms with Gasteiger partial charge in [0, 0.05) is 42.8 Å². The minimum atomic E-state index is -4.75. The van der Waals surface area contributed by atoms with Gasteiger partial charge in [-0.25, -0.2) is 9.59 Å². The van der Waals surface area contributed by atoms with Gasteiger partial charge >= 0.3 is 22.4 Å². The predicted molar refractivity (Wildman–Crippen MR) is 142 cm³/mol. The Kier molecular flexibility index (Phi) is 7.97. The number of rotatable bonds is 7. The number of nitrogens with two attached hydrogens (primary N) is 1. The number of aliphatic hydroxyl groups is 1. The summed E-state index contributed by atoms with van der Waals surface area (Å²) in [6, 6.07) is -3.21. The summed E-state index contributed by atoms with van der Waals surface area (Å²) in [5, 5.41) is 20.2. The van der Waals surface area contributed by atoms with Gasteiger partial charge < -0.3 is 30.6 Å². The summed E-state index contributed by atoms with van der Waals surface area (Å²) in [5.74, 6) is -1.24. The maximum Gasteiger partial charge on any atom is 0.418 e. The first-order valence-corrected chi connectivity index (χ1v) is 15.5. The average molecular weight is 617 g/mol. The molecule has 0 radical (unpaired) electrons. The van der Waals surface area contributed by atoms with Crippen molar-refractivity contribution in [2.75, 3.05) is 26.2 Å². The second-order valence-corrected chi connectivity index (χ2v) is 13.1. The molecule has 6 unspecified atom stereocenters. The molecule has 5 N–H and O–H groups in total. The first-order chi connectivity index (χ1) is 19.3. The summed E-state index contributed by atoms with van der Waals surface area (Å²) < 4.78 is 33.8. The number of primary amides is 1. The van der Waals surface area contributed by atoms with E-state index in [4.69, 9.17) is 10.3 Å². The fraction of sp³-hybridized carbons (Fsp3) is 0.696. The number of carbonyl (C=O) groups is 4. The summed E-state index contributed by atoms with van der Waals surface area (Å²) in [4.78, 5) is 56.6. The molecule has 6 heterocycles. The normalized spacial score (nSPS) is 31.5. The number of piperidine rings is 1. The summed E-state index contributed by atoms with van der Waals surface area (Å²) >= 11 is 1.66. The van der Waals surface area contributed by atoms with E-state index in [0.717, 1.165) is 42.3 Å². The quantitative estimate of drug-likeness (QED) is 0.192. The van der Waals surface area contributed by atoms with Crippen molar-refractivity contribution >= 4 is 51.8 Å². The summed E-state index contributed by atoms with van der Waals surface area (Å²) in [5.41, 5.74) is 5.13. The number of hydroxylamine groups is 2. The van der Waals surface area contributed by atoms with E-state index in [2.05, 4.69) is 14.2 Å². The lowest BCUT2D eigenvalue weighted by Crippen LogP contribution is -2.65. The van der Waals surface area contributed by atoms with Crippen molar-refractivity contribution in [2.45, 2.75) is 68.1 Å². The van der Waals surface area contributed by atoms with Crippen LogP contribution in [0.25, 0.3) is 0 Å². The Morgan fingerprint density at radius 1 is 1.22 bits per heavy atom. The van der Waals surface area contributed by atoms with Gasteiger partial charge in [0.1, 0.15) is 12.1 Å². The zero-order chi connectivity index (χ0) is 29.8. The van der Waals surface area contributed by atoms with Gasteiger partial charge in [-0.05, 0) is 32.3 Å². The number of likely N-dealkylation sites (tertiary alicyclic amines) is 1. The van der Waals surface area contributed by atoms with E-state index in [1.807, 2.05) is 0 Å². The van der Waals surface area contributed by atoms with E-state index in [1.165, 1.54) is 10.7 Å². The number of hydrogen-bond acceptors (Lipinski definition) is 11. The van der Waals surface area contributed by atoms with Gasteiger partial charge in [-0.1, -0.05) is 0 Å². The average Bonchev–Trinajstić information content (AvgIpc) is 3.54. The standard InChI is InChI=1S/C16H21N3O4S.C7H11N3O6S/c1-8(20)13-14-11(5-10(16(22)23)19(14)15(13)21)24-9-6-18(7-9)12-3-2-4-17-12;8-6(11)5-2-1-4-3-9(5)7(12)10(4)16-17(13,14)15/h5,8-10,13-14,20H,2-4,6-7H2,1H3,(H,22,23);4-5H,1-3H2,(H2,8,11)(H,13,14,15). The Morgan fingerprint density at radius 3 is 2.49 bits per heavy atom. The van der Waals surface area contributed by atoms with E-state index in [1.54, 1.807) is 24.8 Å². The van der Waals surface area contributed by atoms with E-state index < -0.39 is 58.5 Å². The third kappa shape index (κ3) is 5.62. The van der Waals surface area contributed by atoms with Gasteiger partial charge in [0.25, 0.3) is 0 Å². The minimum absolute atomic E-state index is 0.155. The molecule has 41 heavy (non-hydrogen) atoms. The monoisotopic (exact) mass is 616 g/mol. The van der Waals surface area contributed by atoms with E-state index in [-0.39, 0.29) is 18.5 Å². The molecule has 6 atom stereocenters. The lowest BCUT2D eigenvalue weighted by molar-refractivity contribution is -0.168. The Hall–Kier alpha value is -2.93. The zero-order valence-electron chi connectivity index (χ0n) is 22.1. The molecule has 6 rings (SSSR count). The van der Waals surface area contributed by atoms with Crippen LogP contribution in [0.1, 0.15) is 32.6 Å². The fourth-order valence-electron chi connectivity index (χ4n) is 6.09. The van der Waals surface area contributed by atoms with Crippen LogP contribution in [0.4, 0.5) is 4.79 Å². The second kappa shape index (κ2) is 11.0. The lowest BCUT2D eigenvalue weighted by Gasteiger charge is -2.48. The topological polar surface area (TPSA) is 224 Å². The molecule has 0 aromatic heterocycles. The maximum atomic E-state index is 12.2. The lowest BCUT2D eigenvalue weighted by atomic mass is 9.84. The van der Waals surface area contributed by atoms with Gasteiger partial charge in [-0.3, -0.25) is 19.1 Å². The first-order valence-electron chi connectivity index (χ1n) is 13.2. The smallest absolute Gasteiger partial charge is 0.418 e. The number of thioether (sulfide) groups is 1. The number of urea groups is 1. The molecule has 4 amide bonds. The molecule has 0 spiro atoms. The summed E-state index contributed by atoms with van der Waals surface area (Å²) in [6.07, 6.45) is 3.83. The molecule has 0 aromatic carbocycles. The number of aliphatic carboxylic acids is 1. The van der Waals surface area contributed by atoms with E-state index >= 15 is 0 Å². The van der Waals surface area contributed by atoms with Crippen LogP contribution in [0.3, 0.4) is 0 Å². The number of fused-ring (bicyclic) bond motifs is 3. The molecule has 0 aliphatic carbocycles. The van der Waals surface area contributed by atoms with Crippen molar-refractivity contribution in [1.29, 1.82) is 0 Å². The molecule has 6 aliphatic rings. The Labute approximate surface area is 240 Å². The molecule has 18 heteroatoms. The van der Waals surface area contributed by atoms with Crippen LogP contribution in [0, 0.1) is 5.92 Å². The van der Waals surface area contributed by atoms with Crippen molar-refractivity contribution in [2.24, 2.45) is 16.6 Å².